The zero-order valence-electron chi connectivity index (χ0n) is 19.2. The SMILES string of the molecule is CCC(C=CC(=NC)S(=O)(=O)Nc1ccnc2c1c(-c1cccc(OC)c1)cn2C)CC. The van der Waals surface area contributed by atoms with E-state index in [2.05, 4.69) is 28.5 Å². The van der Waals surface area contributed by atoms with Gasteiger partial charge in [-0.15, -0.1) is 0 Å². The van der Waals surface area contributed by atoms with Gasteiger partial charge >= 0.3 is 0 Å². The molecule has 3 aromatic rings. The van der Waals surface area contributed by atoms with Crippen LogP contribution in [0.3, 0.4) is 0 Å². The standard InChI is InChI=1S/C24H30N4O3S/c1-6-17(7-2)11-12-22(25-3)32(29,30)27-21-13-14-26-24-23(21)20(16-28(24)4)18-9-8-10-19(15-18)31-5/h8-17H,6-7H2,1-5H3,(H,26,27). The Morgan fingerprint density at radius 3 is 2.69 bits per heavy atom. The number of aromatic nitrogens is 2. The maximum atomic E-state index is 13.2. The van der Waals surface area contributed by atoms with E-state index in [1.54, 1.807) is 25.4 Å². The summed E-state index contributed by atoms with van der Waals surface area (Å²) in [5.74, 6) is 1.03. The number of hydrogen-bond donors (Lipinski definition) is 1. The molecule has 0 saturated heterocycles. The van der Waals surface area contributed by atoms with Gasteiger partial charge in [0.05, 0.1) is 18.2 Å². The van der Waals surface area contributed by atoms with E-state index in [-0.39, 0.29) is 5.04 Å². The smallest absolute Gasteiger partial charge is 0.278 e. The van der Waals surface area contributed by atoms with Gasteiger partial charge in [-0.05, 0) is 48.6 Å². The van der Waals surface area contributed by atoms with Gasteiger partial charge in [0.15, 0.2) is 5.04 Å². The molecule has 0 bridgehead atoms. The van der Waals surface area contributed by atoms with Gasteiger partial charge in [-0.3, -0.25) is 9.71 Å². The Kier molecular flexibility index (Phi) is 7.35. The Morgan fingerprint density at radius 1 is 1.28 bits per heavy atom. The number of pyridine rings is 1. The highest BCUT2D eigenvalue weighted by atomic mass is 32.2. The van der Waals surface area contributed by atoms with Crippen molar-refractivity contribution in [2.45, 2.75) is 26.7 Å². The van der Waals surface area contributed by atoms with E-state index in [1.165, 1.54) is 7.05 Å². The monoisotopic (exact) mass is 454 g/mol. The number of allylic oxidation sites excluding steroid dienone is 1. The van der Waals surface area contributed by atoms with Crippen LogP contribution in [0.2, 0.25) is 0 Å². The zero-order valence-corrected chi connectivity index (χ0v) is 20.0. The number of aliphatic imine (C=N–C) groups is 1. The molecule has 2 aromatic heterocycles. The molecule has 0 atom stereocenters. The van der Waals surface area contributed by atoms with Gasteiger partial charge in [-0.25, -0.2) is 4.98 Å². The highest BCUT2D eigenvalue weighted by Crippen LogP contribution is 2.36. The lowest BCUT2D eigenvalue weighted by Crippen LogP contribution is -2.22. The van der Waals surface area contributed by atoms with E-state index < -0.39 is 10.0 Å². The Labute approximate surface area is 189 Å². The number of nitrogens with one attached hydrogen (secondary N) is 1. The minimum Gasteiger partial charge on any atom is -0.497 e. The fraction of sp³-hybridized carbons (Fsp3) is 0.333. The first-order chi connectivity index (χ1) is 15.3. The molecule has 0 spiro atoms. The van der Waals surface area contributed by atoms with Gasteiger partial charge in [0.1, 0.15) is 11.4 Å². The van der Waals surface area contributed by atoms with Crippen LogP contribution in [0, 0.1) is 5.92 Å². The van der Waals surface area contributed by atoms with Gasteiger partial charge < -0.3 is 9.30 Å². The molecule has 2 heterocycles. The number of aryl methyl sites for hydroxylation is 1. The summed E-state index contributed by atoms with van der Waals surface area (Å²) in [4.78, 5) is 8.49. The summed E-state index contributed by atoms with van der Waals surface area (Å²) in [5.41, 5.74) is 2.88. The van der Waals surface area contributed by atoms with Crippen LogP contribution in [0.5, 0.6) is 5.75 Å². The highest BCUT2D eigenvalue weighted by molar-refractivity contribution is 8.07. The average Bonchev–Trinajstić information content (AvgIpc) is 3.14. The van der Waals surface area contributed by atoms with Crippen LogP contribution >= 0.6 is 0 Å². The van der Waals surface area contributed by atoms with Crippen molar-refractivity contribution in [3.8, 4) is 16.9 Å². The summed E-state index contributed by atoms with van der Waals surface area (Å²) in [6.07, 6.45) is 8.91. The Bertz CT molecular complexity index is 1260. The van der Waals surface area contributed by atoms with Crippen molar-refractivity contribution in [1.29, 1.82) is 0 Å². The predicted molar refractivity (Wildman–Crippen MR) is 132 cm³/mol. The third-order valence-electron chi connectivity index (χ3n) is 5.54. The van der Waals surface area contributed by atoms with Crippen LogP contribution in [-0.2, 0) is 17.1 Å². The number of methoxy groups -OCH3 is 1. The number of rotatable bonds is 8. The van der Waals surface area contributed by atoms with Crippen LogP contribution in [0.15, 0.2) is 59.9 Å². The summed E-state index contributed by atoms with van der Waals surface area (Å²) in [6.45, 7) is 4.16. The Hall–Kier alpha value is -3.13. The van der Waals surface area contributed by atoms with Gasteiger partial charge in [0, 0.05) is 32.1 Å². The first-order valence-electron chi connectivity index (χ1n) is 10.6. The van der Waals surface area contributed by atoms with Crippen molar-refractivity contribution in [2.75, 3.05) is 18.9 Å². The van der Waals surface area contributed by atoms with Gasteiger partial charge in [0.25, 0.3) is 10.0 Å². The second kappa shape index (κ2) is 9.99. The Morgan fingerprint density at radius 2 is 2.03 bits per heavy atom. The Balaban J connectivity index is 2.07. The van der Waals surface area contributed by atoms with E-state index in [9.17, 15) is 8.42 Å². The molecule has 32 heavy (non-hydrogen) atoms. The lowest BCUT2D eigenvalue weighted by atomic mass is 10.0. The minimum absolute atomic E-state index is 0.00627. The molecular formula is C24H30N4O3S. The second-order valence-corrected chi connectivity index (χ2v) is 9.18. The maximum absolute atomic E-state index is 13.2. The lowest BCUT2D eigenvalue weighted by molar-refractivity contribution is 0.415. The third kappa shape index (κ3) is 4.85. The molecule has 0 aliphatic carbocycles. The van der Waals surface area contributed by atoms with Crippen molar-refractivity contribution in [3.05, 3.63) is 54.9 Å². The summed E-state index contributed by atoms with van der Waals surface area (Å²) in [6, 6.07) is 9.31. The molecule has 8 heteroatoms. The molecule has 0 saturated carbocycles. The molecular weight excluding hydrogens is 424 g/mol. The molecule has 0 aliphatic rings. The van der Waals surface area contributed by atoms with Crippen LogP contribution < -0.4 is 9.46 Å². The predicted octanol–water partition coefficient (Wildman–Crippen LogP) is 5.01. The molecule has 0 amide bonds. The number of fused-ring (bicyclic) bond motifs is 1. The maximum Gasteiger partial charge on any atom is 0.278 e. The van der Waals surface area contributed by atoms with Crippen molar-refractivity contribution in [3.63, 3.8) is 0 Å². The molecule has 0 radical (unpaired) electrons. The summed E-state index contributed by atoms with van der Waals surface area (Å²) in [5, 5.41) is 0.708. The molecule has 7 nitrogen and oxygen atoms in total. The normalized spacial score (nSPS) is 12.8. The van der Waals surface area contributed by atoms with E-state index in [4.69, 9.17) is 4.74 Å². The van der Waals surface area contributed by atoms with Crippen LogP contribution in [0.25, 0.3) is 22.2 Å². The first kappa shape index (κ1) is 23.5. The van der Waals surface area contributed by atoms with Crippen molar-refractivity contribution in [2.24, 2.45) is 18.0 Å². The molecule has 170 valence electrons. The molecule has 1 aromatic carbocycles. The van der Waals surface area contributed by atoms with Crippen molar-refractivity contribution in [1.82, 2.24) is 9.55 Å². The number of sulfonamides is 1. The number of ether oxygens (including phenoxy) is 1. The van der Waals surface area contributed by atoms with Gasteiger partial charge in [0.2, 0.25) is 0 Å². The third-order valence-corrected chi connectivity index (χ3v) is 6.90. The van der Waals surface area contributed by atoms with Crippen molar-refractivity contribution >= 4 is 31.8 Å². The topological polar surface area (TPSA) is 85.6 Å². The van der Waals surface area contributed by atoms with Crippen LogP contribution in [-0.4, -0.2) is 37.2 Å². The van der Waals surface area contributed by atoms with Crippen LogP contribution in [0.4, 0.5) is 5.69 Å². The summed E-state index contributed by atoms with van der Waals surface area (Å²) >= 11 is 0. The molecule has 3 rings (SSSR count). The van der Waals surface area contributed by atoms with Gasteiger partial charge in [-0.2, -0.15) is 8.42 Å². The first-order valence-corrected chi connectivity index (χ1v) is 12.1. The second-order valence-electron chi connectivity index (χ2n) is 7.55. The molecule has 0 fully saturated rings. The highest BCUT2D eigenvalue weighted by Gasteiger charge is 2.21. The van der Waals surface area contributed by atoms with Gasteiger partial charge in [-0.1, -0.05) is 32.1 Å². The number of benzene rings is 1. The average molecular weight is 455 g/mol. The fourth-order valence-corrected chi connectivity index (χ4v) is 4.72. The van der Waals surface area contributed by atoms with E-state index in [1.807, 2.05) is 48.2 Å². The number of anilines is 1. The van der Waals surface area contributed by atoms with E-state index in [0.29, 0.717) is 22.6 Å². The quantitative estimate of drug-likeness (QED) is 0.383. The van der Waals surface area contributed by atoms with Crippen molar-refractivity contribution < 1.29 is 13.2 Å². The van der Waals surface area contributed by atoms with E-state index in [0.717, 1.165) is 29.7 Å². The summed E-state index contributed by atoms with van der Waals surface area (Å²) in [7, 11) is 1.10. The zero-order chi connectivity index (χ0) is 23.3. The van der Waals surface area contributed by atoms with E-state index >= 15 is 0 Å². The largest absolute Gasteiger partial charge is 0.497 e. The number of hydrogen-bond acceptors (Lipinski definition) is 5. The molecule has 0 aliphatic heterocycles. The summed E-state index contributed by atoms with van der Waals surface area (Å²) < 4.78 is 36.3. The lowest BCUT2D eigenvalue weighted by Gasteiger charge is -2.11. The fourth-order valence-electron chi connectivity index (χ4n) is 3.66. The number of nitrogens with zero attached hydrogens (tertiary/aromatic N) is 3. The molecule has 1 N–H and O–H groups in total. The minimum atomic E-state index is -3.88. The van der Waals surface area contributed by atoms with Crippen LogP contribution in [0.1, 0.15) is 26.7 Å². The molecule has 0 unspecified atom stereocenters.